The van der Waals surface area contributed by atoms with Crippen LogP contribution in [0.4, 0.5) is 0 Å². The van der Waals surface area contributed by atoms with E-state index in [1.54, 1.807) is 24.0 Å². The van der Waals surface area contributed by atoms with E-state index >= 15 is 0 Å². The number of pyridine rings is 1. The van der Waals surface area contributed by atoms with Crippen molar-refractivity contribution in [2.45, 2.75) is 5.92 Å². The lowest BCUT2D eigenvalue weighted by Crippen LogP contribution is -2.16. The molecule has 1 atom stereocenters. The first-order valence-corrected chi connectivity index (χ1v) is 11.9. The van der Waals surface area contributed by atoms with E-state index in [1.165, 1.54) is 7.05 Å². The first kappa shape index (κ1) is 24.7. The van der Waals surface area contributed by atoms with Gasteiger partial charge in [0.2, 0.25) is 0 Å². The zero-order chi connectivity index (χ0) is 25.1. The van der Waals surface area contributed by atoms with Crippen LogP contribution in [0.2, 0.25) is 10.0 Å². The van der Waals surface area contributed by atoms with Gasteiger partial charge in [-0.3, -0.25) is 4.79 Å². The summed E-state index contributed by atoms with van der Waals surface area (Å²) in [5.41, 5.74) is 10.3. The van der Waals surface area contributed by atoms with Gasteiger partial charge in [0, 0.05) is 47.5 Å². The summed E-state index contributed by atoms with van der Waals surface area (Å²) in [5, 5.41) is 2.31. The molecule has 0 aliphatic carbocycles. The number of rotatable bonds is 4. The summed E-state index contributed by atoms with van der Waals surface area (Å²) in [5.74, 6) is -0.0522. The molecular formula is C28H26Cl2N4O. The van der Waals surface area contributed by atoms with Crippen LogP contribution < -0.4 is 11.3 Å². The average Bonchev–Trinajstić information content (AvgIpc) is 3.29. The van der Waals surface area contributed by atoms with Crippen LogP contribution in [0.25, 0.3) is 22.0 Å². The topological polar surface area (TPSA) is 65.8 Å². The van der Waals surface area contributed by atoms with Gasteiger partial charge in [-0.15, -0.1) is 0 Å². The fourth-order valence-corrected chi connectivity index (χ4v) is 4.70. The maximum absolute atomic E-state index is 12.7. The van der Waals surface area contributed by atoms with Crippen molar-refractivity contribution in [3.8, 4) is 11.1 Å². The zero-order valence-electron chi connectivity index (χ0n) is 19.7. The second-order valence-corrected chi connectivity index (χ2v) is 9.03. The van der Waals surface area contributed by atoms with Crippen molar-refractivity contribution in [1.29, 1.82) is 0 Å². The molecule has 0 fully saturated rings. The molecule has 0 spiro atoms. The molecule has 5 rings (SSSR count). The van der Waals surface area contributed by atoms with Crippen LogP contribution >= 0.6 is 23.2 Å². The Balaban J connectivity index is 0.00000141. The quantitative estimate of drug-likeness (QED) is 0.326. The van der Waals surface area contributed by atoms with Crippen LogP contribution in [0.3, 0.4) is 0 Å². The number of aromatic nitrogens is 3. The number of hydrogen-bond donors (Lipinski definition) is 1. The van der Waals surface area contributed by atoms with Gasteiger partial charge in [0.15, 0.2) is 0 Å². The van der Waals surface area contributed by atoms with Crippen LogP contribution in [0.1, 0.15) is 22.7 Å². The fraction of sp³-hybridized carbons (Fsp3) is 0.143. The summed E-state index contributed by atoms with van der Waals surface area (Å²) < 4.78 is 3.70. The number of nitrogens with zero attached hydrogens (tertiary/aromatic N) is 3. The van der Waals surface area contributed by atoms with E-state index in [4.69, 9.17) is 23.2 Å². The Morgan fingerprint density at radius 1 is 0.857 bits per heavy atom. The molecule has 2 aromatic heterocycles. The molecule has 0 aliphatic heterocycles. The van der Waals surface area contributed by atoms with Gasteiger partial charge >= 0.3 is 0 Å². The Kier molecular flexibility index (Phi) is 7.41. The maximum atomic E-state index is 12.7. The third kappa shape index (κ3) is 4.89. The maximum Gasteiger partial charge on any atom is 0.251 e. The van der Waals surface area contributed by atoms with Crippen molar-refractivity contribution in [1.82, 2.24) is 14.1 Å². The monoisotopic (exact) mass is 504 g/mol. The summed E-state index contributed by atoms with van der Waals surface area (Å²) in [6.07, 6.45) is 3.70. The van der Waals surface area contributed by atoms with Crippen molar-refractivity contribution in [3.63, 3.8) is 0 Å². The molecule has 7 heteroatoms. The van der Waals surface area contributed by atoms with Gasteiger partial charge in [0.25, 0.3) is 5.56 Å². The highest BCUT2D eigenvalue weighted by molar-refractivity contribution is 6.31. The molecule has 0 bridgehead atoms. The number of imidazole rings is 1. The molecule has 5 nitrogen and oxygen atoms in total. The lowest BCUT2D eigenvalue weighted by molar-refractivity contribution is 0.793. The smallest absolute Gasteiger partial charge is 0.251 e. The largest absolute Gasteiger partial charge is 0.337 e. The lowest BCUT2D eigenvalue weighted by atomic mass is 9.87. The van der Waals surface area contributed by atoms with Crippen molar-refractivity contribution < 1.29 is 0 Å². The predicted octanol–water partition coefficient (Wildman–Crippen LogP) is 6.00. The molecule has 3 aromatic carbocycles. The Labute approximate surface area is 214 Å². The standard InChI is InChI=1S/C27H21Cl2N3O.CH5N/c1-31-16-30-15-25(31)27(17-6-9-20(28)10-7-17)19-8-11-24-23(13-19)22(14-26(33)32(24)2)18-4-3-5-21(29)12-18;1-2/h3-16,27H,1-2H3;2H2,1H3. The number of nitrogens with two attached hydrogens (primary N) is 1. The van der Waals surface area contributed by atoms with Gasteiger partial charge in [-0.05, 0) is 65.7 Å². The third-order valence-corrected chi connectivity index (χ3v) is 6.58. The van der Waals surface area contributed by atoms with Crippen LogP contribution in [0, 0.1) is 0 Å². The molecule has 0 saturated heterocycles. The van der Waals surface area contributed by atoms with Crippen molar-refractivity contribution in [2.24, 2.45) is 19.8 Å². The Hall–Kier alpha value is -3.38. The van der Waals surface area contributed by atoms with Crippen LogP contribution in [0.15, 0.2) is 90.1 Å². The minimum Gasteiger partial charge on any atom is -0.337 e. The van der Waals surface area contributed by atoms with Gasteiger partial charge in [-0.25, -0.2) is 4.98 Å². The molecule has 2 N–H and O–H groups in total. The van der Waals surface area contributed by atoms with Crippen molar-refractivity contribution >= 4 is 34.1 Å². The van der Waals surface area contributed by atoms with E-state index in [0.29, 0.717) is 10.0 Å². The van der Waals surface area contributed by atoms with Gasteiger partial charge in [-0.1, -0.05) is 53.5 Å². The highest BCUT2D eigenvalue weighted by Crippen LogP contribution is 2.36. The van der Waals surface area contributed by atoms with Gasteiger partial charge in [0.1, 0.15) is 0 Å². The number of aryl methyl sites for hydroxylation is 2. The minimum absolute atomic E-state index is 0.0522. The zero-order valence-corrected chi connectivity index (χ0v) is 21.3. The van der Waals surface area contributed by atoms with E-state index in [9.17, 15) is 4.79 Å². The minimum atomic E-state index is -0.0638. The molecule has 1 unspecified atom stereocenters. The summed E-state index contributed by atoms with van der Waals surface area (Å²) >= 11 is 12.4. The summed E-state index contributed by atoms with van der Waals surface area (Å²) in [7, 11) is 5.29. The first-order valence-electron chi connectivity index (χ1n) is 11.1. The van der Waals surface area contributed by atoms with Crippen LogP contribution in [-0.4, -0.2) is 21.2 Å². The highest BCUT2D eigenvalue weighted by atomic mass is 35.5. The fourth-order valence-electron chi connectivity index (χ4n) is 4.39. The second-order valence-electron chi connectivity index (χ2n) is 8.16. The van der Waals surface area contributed by atoms with Crippen LogP contribution in [-0.2, 0) is 14.1 Å². The normalized spacial score (nSPS) is 11.7. The summed E-state index contributed by atoms with van der Waals surface area (Å²) in [4.78, 5) is 17.1. The summed E-state index contributed by atoms with van der Waals surface area (Å²) in [6, 6.07) is 23.4. The Morgan fingerprint density at radius 2 is 1.57 bits per heavy atom. The van der Waals surface area contributed by atoms with Crippen molar-refractivity contribution in [3.05, 3.63) is 123 Å². The molecule has 2 heterocycles. The van der Waals surface area contributed by atoms with Gasteiger partial charge in [-0.2, -0.15) is 0 Å². The molecule has 0 aliphatic rings. The number of fused-ring (bicyclic) bond motifs is 1. The Bertz CT molecular complexity index is 1540. The second kappa shape index (κ2) is 10.5. The van der Waals surface area contributed by atoms with E-state index < -0.39 is 0 Å². The number of benzene rings is 3. The van der Waals surface area contributed by atoms with E-state index in [1.807, 2.05) is 72.4 Å². The molecule has 0 radical (unpaired) electrons. The van der Waals surface area contributed by atoms with Crippen LogP contribution in [0.5, 0.6) is 0 Å². The van der Waals surface area contributed by atoms with E-state index in [2.05, 4.69) is 22.9 Å². The number of halogens is 2. The first-order chi connectivity index (χ1) is 16.9. The molecule has 0 amide bonds. The van der Waals surface area contributed by atoms with Crippen molar-refractivity contribution in [2.75, 3.05) is 7.05 Å². The SMILES string of the molecule is CN.Cn1cncc1C(c1ccc(Cl)cc1)c1ccc2c(c1)c(-c1cccc(Cl)c1)cc(=O)n2C. The average molecular weight is 505 g/mol. The number of hydrogen-bond acceptors (Lipinski definition) is 3. The molecule has 35 heavy (non-hydrogen) atoms. The summed E-state index contributed by atoms with van der Waals surface area (Å²) in [6.45, 7) is 0. The van der Waals surface area contributed by atoms with E-state index in [-0.39, 0.29) is 11.5 Å². The molecule has 5 aromatic rings. The molecule has 178 valence electrons. The predicted molar refractivity (Wildman–Crippen MR) is 145 cm³/mol. The Morgan fingerprint density at radius 3 is 2.23 bits per heavy atom. The molecule has 0 saturated carbocycles. The highest BCUT2D eigenvalue weighted by Gasteiger charge is 2.21. The third-order valence-electron chi connectivity index (χ3n) is 6.09. The van der Waals surface area contributed by atoms with E-state index in [0.717, 1.165) is 38.9 Å². The molecular weight excluding hydrogens is 479 g/mol. The van der Waals surface area contributed by atoms with Gasteiger partial charge in [0.05, 0.1) is 17.8 Å². The lowest BCUT2D eigenvalue weighted by Gasteiger charge is -2.20. The van der Waals surface area contributed by atoms with Gasteiger partial charge < -0.3 is 14.9 Å².